The highest BCUT2D eigenvalue weighted by atomic mass is 19.4. The molecule has 1 heterocycles. The average molecular weight is 237 g/mol. The second kappa shape index (κ2) is 3.94. The molecule has 0 aliphatic rings. The normalized spacial score (nSPS) is 11.2. The van der Waals surface area contributed by atoms with E-state index in [9.17, 15) is 13.2 Å². The van der Waals surface area contributed by atoms with Crippen LogP contribution in [-0.2, 0) is 6.18 Å². The van der Waals surface area contributed by atoms with Gasteiger partial charge in [-0.3, -0.25) is 0 Å². The van der Waals surface area contributed by atoms with Crippen molar-refractivity contribution < 1.29 is 13.2 Å². The van der Waals surface area contributed by atoms with Crippen molar-refractivity contribution in [3.8, 4) is 17.3 Å². The van der Waals surface area contributed by atoms with E-state index in [2.05, 4.69) is 9.97 Å². The first-order chi connectivity index (χ1) is 8.00. The molecule has 0 fully saturated rings. The van der Waals surface area contributed by atoms with Crippen LogP contribution in [0.25, 0.3) is 11.3 Å². The van der Waals surface area contributed by atoms with Crippen LogP contribution in [0.1, 0.15) is 11.4 Å². The molecule has 1 aromatic heterocycles. The van der Waals surface area contributed by atoms with Gasteiger partial charge in [0.1, 0.15) is 6.07 Å². The summed E-state index contributed by atoms with van der Waals surface area (Å²) in [5.41, 5.74) is 0.351. The third-order valence-corrected chi connectivity index (χ3v) is 2.20. The molecule has 0 unspecified atom stereocenters. The summed E-state index contributed by atoms with van der Waals surface area (Å²) >= 11 is 0. The predicted molar refractivity (Wildman–Crippen MR) is 53.7 cm³/mol. The fraction of sp³-hybridized carbons (Fsp3) is 0.0909. The molecular weight excluding hydrogens is 231 g/mol. The quantitative estimate of drug-likeness (QED) is 0.828. The molecular formula is C11H6F3N3. The Morgan fingerprint density at radius 1 is 1.18 bits per heavy atom. The fourth-order valence-corrected chi connectivity index (χ4v) is 1.36. The van der Waals surface area contributed by atoms with Crippen LogP contribution in [0.3, 0.4) is 0 Å². The number of halogens is 3. The summed E-state index contributed by atoms with van der Waals surface area (Å²) in [6.45, 7) is 0. The Labute approximate surface area is 94.5 Å². The predicted octanol–water partition coefficient (Wildman–Crippen LogP) is 2.97. The van der Waals surface area contributed by atoms with E-state index >= 15 is 0 Å². The molecule has 2 aromatic rings. The number of aromatic nitrogens is 2. The molecule has 0 spiro atoms. The fourth-order valence-electron chi connectivity index (χ4n) is 1.36. The van der Waals surface area contributed by atoms with E-state index in [0.717, 1.165) is 12.1 Å². The Morgan fingerprint density at radius 3 is 2.29 bits per heavy atom. The number of hydrogen-bond acceptors (Lipinski definition) is 2. The topological polar surface area (TPSA) is 52.5 Å². The van der Waals surface area contributed by atoms with E-state index in [1.54, 1.807) is 6.07 Å². The second-order valence-corrected chi connectivity index (χ2v) is 3.33. The lowest BCUT2D eigenvalue weighted by Crippen LogP contribution is -2.03. The first kappa shape index (κ1) is 11.2. The lowest BCUT2D eigenvalue weighted by molar-refractivity contribution is -0.137. The molecule has 6 heteroatoms. The number of nitrogens with zero attached hydrogens (tertiary/aromatic N) is 2. The minimum atomic E-state index is -4.34. The van der Waals surface area contributed by atoms with Gasteiger partial charge in [-0.15, -0.1) is 0 Å². The number of alkyl halides is 3. The summed E-state index contributed by atoms with van der Waals surface area (Å²) in [7, 11) is 0. The summed E-state index contributed by atoms with van der Waals surface area (Å²) in [4.78, 5) is 6.43. The number of nitriles is 1. The van der Waals surface area contributed by atoms with Gasteiger partial charge in [-0.05, 0) is 17.7 Å². The van der Waals surface area contributed by atoms with Gasteiger partial charge < -0.3 is 4.98 Å². The SMILES string of the molecule is N#Cc1ncc(-c2ccc(C(F)(F)F)cc2)[nH]1. The third kappa shape index (κ3) is 2.28. The van der Waals surface area contributed by atoms with Gasteiger partial charge in [0.25, 0.3) is 0 Å². The van der Waals surface area contributed by atoms with Gasteiger partial charge in [0.15, 0.2) is 0 Å². The molecule has 17 heavy (non-hydrogen) atoms. The second-order valence-electron chi connectivity index (χ2n) is 3.33. The molecule has 0 bridgehead atoms. The van der Waals surface area contributed by atoms with Crippen LogP contribution >= 0.6 is 0 Å². The van der Waals surface area contributed by atoms with Gasteiger partial charge in [0.2, 0.25) is 5.82 Å². The standard InChI is InChI=1S/C11H6F3N3/c12-11(13,14)8-3-1-7(2-4-8)9-6-16-10(5-15)17-9/h1-4,6H,(H,16,17). The van der Waals surface area contributed by atoms with Gasteiger partial charge in [-0.25, -0.2) is 4.98 Å². The number of nitrogens with one attached hydrogen (secondary N) is 1. The van der Waals surface area contributed by atoms with Gasteiger partial charge in [-0.2, -0.15) is 18.4 Å². The molecule has 0 aliphatic carbocycles. The van der Waals surface area contributed by atoms with E-state index in [0.29, 0.717) is 11.3 Å². The van der Waals surface area contributed by atoms with Crippen LogP contribution in [0.4, 0.5) is 13.2 Å². The first-order valence-corrected chi connectivity index (χ1v) is 4.63. The molecule has 0 amide bonds. The zero-order valence-electron chi connectivity index (χ0n) is 8.42. The zero-order valence-corrected chi connectivity index (χ0v) is 8.42. The maximum Gasteiger partial charge on any atom is 0.416 e. The van der Waals surface area contributed by atoms with Gasteiger partial charge in [0.05, 0.1) is 17.5 Å². The van der Waals surface area contributed by atoms with Crippen molar-refractivity contribution in [2.24, 2.45) is 0 Å². The van der Waals surface area contributed by atoms with Crippen molar-refractivity contribution in [2.75, 3.05) is 0 Å². The highest BCUT2D eigenvalue weighted by Crippen LogP contribution is 2.30. The summed E-state index contributed by atoms with van der Waals surface area (Å²) < 4.78 is 37.0. The van der Waals surface area contributed by atoms with Crippen LogP contribution in [0.5, 0.6) is 0 Å². The number of hydrogen-bond donors (Lipinski definition) is 1. The molecule has 1 N–H and O–H groups in total. The molecule has 0 atom stereocenters. The number of aromatic amines is 1. The van der Waals surface area contributed by atoms with Crippen molar-refractivity contribution in [2.45, 2.75) is 6.18 Å². The Kier molecular flexibility index (Phi) is 2.60. The van der Waals surface area contributed by atoms with Crippen LogP contribution in [0.15, 0.2) is 30.5 Å². The summed E-state index contributed by atoms with van der Waals surface area (Å²) in [6, 6.07) is 6.44. The summed E-state index contributed by atoms with van der Waals surface area (Å²) in [5, 5.41) is 8.56. The Balaban J connectivity index is 2.33. The van der Waals surface area contributed by atoms with Gasteiger partial charge in [0, 0.05) is 0 Å². The number of benzene rings is 1. The molecule has 0 saturated heterocycles. The van der Waals surface area contributed by atoms with Gasteiger partial charge in [-0.1, -0.05) is 12.1 Å². The Bertz CT molecular complexity index is 561. The van der Waals surface area contributed by atoms with Gasteiger partial charge >= 0.3 is 6.18 Å². The number of rotatable bonds is 1. The Hall–Kier alpha value is -2.29. The maximum atomic E-state index is 12.3. The van der Waals surface area contributed by atoms with E-state index in [1.165, 1.54) is 18.3 Å². The molecule has 3 nitrogen and oxygen atoms in total. The largest absolute Gasteiger partial charge is 0.416 e. The highest BCUT2D eigenvalue weighted by molar-refractivity contribution is 5.59. The lowest BCUT2D eigenvalue weighted by Gasteiger charge is -2.06. The lowest BCUT2D eigenvalue weighted by atomic mass is 10.1. The zero-order chi connectivity index (χ0) is 12.5. The van der Waals surface area contributed by atoms with E-state index in [1.807, 2.05) is 0 Å². The van der Waals surface area contributed by atoms with E-state index in [-0.39, 0.29) is 5.82 Å². The smallest absolute Gasteiger partial charge is 0.329 e. The van der Waals surface area contributed by atoms with Crippen LogP contribution in [-0.4, -0.2) is 9.97 Å². The molecule has 0 saturated carbocycles. The van der Waals surface area contributed by atoms with Crippen LogP contribution in [0, 0.1) is 11.3 Å². The third-order valence-electron chi connectivity index (χ3n) is 2.20. The molecule has 2 rings (SSSR count). The summed E-state index contributed by atoms with van der Waals surface area (Å²) in [5.74, 6) is 0.125. The Morgan fingerprint density at radius 2 is 1.82 bits per heavy atom. The molecule has 0 aliphatic heterocycles. The van der Waals surface area contributed by atoms with Crippen molar-refractivity contribution in [3.63, 3.8) is 0 Å². The van der Waals surface area contributed by atoms with E-state index < -0.39 is 11.7 Å². The average Bonchev–Trinajstić information content (AvgIpc) is 2.76. The van der Waals surface area contributed by atoms with Crippen molar-refractivity contribution in [1.82, 2.24) is 9.97 Å². The maximum absolute atomic E-state index is 12.3. The van der Waals surface area contributed by atoms with Crippen molar-refractivity contribution in [3.05, 3.63) is 41.9 Å². The van der Waals surface area contributed by atoms with Crippen LogP contribution < -0.4 is 0 Å². The molecule has 1 aromatic carbocycles. The monoisotopic (exact) mass is 237 g/mol. The minimum absolute atomic E-state index is 0.125. The van der Waals surface area contributed by atoms with Crippen LogP contribution in [0.2, 0.25) is 0 Å². The number of H-pyrrole nitrogens is 1. The first-order valence-electron chi connectivity index (χ1n) is 4.63. The molecule has 86 valence electrons. The number of imidazole rings is 1. The minimum Gasteiger partial charge on any atom is -0.329 e. The van der Waals surface area contributed by atoms with Crippen molar-refractivity contribution in [1.29, 1.82) is 5.26 Å². The van der Waals surface area contributed by atoms with E-state index in [4.69, 9.17) is 5.26 Å². The van der Waals surface area contributed by atoms with Crippen molar-refractivity contribution >= 4 is 0 Å². The summed E-state index contributed by atoms with van der Waals surface area (Å²) in [6.07, 6.45) is -2.94. The molecule has 0 radical (unpaired) electrons. The highest BCUT2D eigenvalue weighted by Gasteiger charge is 2.29.